The molecule has 2 aliphatic heterocycles. The van der Waals surface area contributed by atoms with Crippen molar-refractivity contribution < 1.29 is 19.6 Å². The van der Waals surface area contributed by atoms with E-state index < -0.39 is 11.4 Å². The van der Waals surface area contributed by atoms with Gasteiger partial charge in [-0.1, -0.05) is 40.7 Å². The second kappa shape index (κ2) is 6.64. The Hall–Kier alpha value is -2.72. The monoisotopic (exact) mass is 406 g/mol. The highest BCUT2D eigenvalue weighted by molar-refractivity contribution is 5.85. The number of aromatic hydroxyl groups is 1. The van der Waals surface area contributed by atoms with Gasteiger partial charge in [0.1, 0.15) is 5.75 Å². The number of ether oxygens (including phenoxy) is 1. The predicted octanol–water partition coefficient (Wildman–Crippen LogP) is 4.97. The van der Waals surface area contributed by atoms with E-state index >= 15 is 0 Å². The van der Waals surface area contributed by atoms with Crippen LogP contribution in [0.2, 0.25) is 0 Å². The molecule has 1 N–H and O–H groups in total. The zero-order chi connectivity index (χ0) is 21.8. The molecule has 6 heteroatoms. The lowest BCUT2D eigenvalue weighted by Gasteiger charge is -2.61. The standard InChI is InChI=1S/C24H26N2O4/c1-21(2,3)24-22(4,5)15-28-23(24,29-30-24)18-9-8-17(20(27)12-18)14-26-19-10-6-16(13-25)7-11-19/h6-12,14,27H,15H2,1-5H3. The van der Waals surface area contributed by atoms with E-state index in [2.05, 4.69) is 45.7 Å². The molecule has 30 heavy (non-hydrogen) atoms. The maximum absolute atomic E-state index is 10.7. The van der Waals surface area contributed by atoms with Crippen molar-refractivity contribution >= 4 is 11.9 Å². The normalized spacial score (nSPS) is 27.5. The van der Waals surface area contributed by atoms with Crippen molar-refractivity contribution in [2.24, 2.45) is 15.8 Å². The van der Waals surface area contributed by atoms with Crippen LogP contribution < -0.4 is 0 Å². The summed E-state index contributed by atoms with van der Waals surface area (Å²) in [5, 5.41) is 19.6. The first-order valence-electron chi connectivity index (χ1n) is 9.95. The number of phenolic OH excluding ortho intramolecular Hbond substituents is 1. The molecule has 2 aromatic carbocycles. The molecule has 0 spiro atoms. The molecule has 6 nitrogen and oxygen atoms in total. The van der Waals surface area contributed by atoms with Crippen molar-refractivity contribution in [1.29, 1.82) is 5.26 Å². The van der Waals surface area contributed by atoms with Gasteiger partial charge < -0.3 is 9.84 Å². The van der Waals surface area contributed by atoms with Crippen LogP contribution >= 0.6 is 0 Å². The third-order valence-corrected chi connectivity index (χ3v) is 6.15. The summed E-state index contributed by atoms with van der Waals surface area (Å²) in [6.07, 6.45) is 1.59. The summed E-state index contributed by atoms with van der Waals surface area (Å²) < 4.78 is 6.20. The van der Waals surface area contributed by atoms with Gasteiger partial charge in [-0.25, -0.2) is 4.89 Å². The van der Waals surface area contributed by atoms with Crippen molar-refractivity contribution in [3.63, 3.8) is 0 Å². The SMILES string of the molecule is CC(C)(C)C12OOC1(c1ccc(C=Nc3ccc(C#N)cc3)c(O)c1)OCC2(C)C. The first-order chi connectivity index (χ1) is 14.1. The second-order valence-corrected chi connectivity index (χ2v) is 9.58. The first kappa shape index (κ1) is 20.5. The van der Waals surface area contributed by atoms with E-state index in [0.717, 1.165) is 0 Å². The summed E-state index contributed by atoms with van der Waals surface area (Å²) in [6, 6.07) is 14.3. The summed E-state index contributed by atoms with van der Waals surface area (Å²) >= 11 is 0. The largest absolute Gasteiger partial charge is 0.507 e. The Morgan fingerprint density at radius 2 is 1.80 bits per heavy atom. The molecule has 0 saturated carbocycles. The lowest BCUT2D eigenvalue weighted by atomic mass is 9.57. The van der Waals surface area contributed by atoms with Crippen LogP contribution in [0.25, 0.3) is 0 Å². The molecule has 156 valence electrons. The van der Waals surface area contributed by atoms with Gasteiger partial charge in [0.15, 0.2) is 5.60 Å². The van der Waals surface area contributed by atoms with Crippen LogP contribution in [0.5, 0.6) is 5.75 Å². The topological polar surface area (TPSA) is 84.1 Å². The molecule has 0 aromatic heterocycles. The summed E-state index contributed by atoms with van der Waals surface area (Å²) in [7, 11) is 0. The number of benzene rings is 2. The number of nitriles is 1. The van der Waals surface area contributed by atoms with Crippen molar-refractivity contribution in [3.8, 4) is 11.8 Å². The van der Waals surface area contributed by atoms with Gasteiger partial charge >= 0.3 is 0 Å². The highest BCUT2D eigenvalue weighted by Gasteiger charge is 2.81. The summed E-state index contributed by atoms with van der Waals surface area (Å²) in [6.45, 7) is 11.0. The van der Waals surface area contributed by atoms with E-state index in [1.54, 1.807) is 42.6 Å². The Balaban J connectivity index is 1.67. The molecule has 2 saturated heterocycles. The minimum absolute atomic E-state index is 0.0749. The Bertz CT molecular complexity index is 1050. The number of fused-ring (bicyclic) bond motifs is 1. The Kier molecular flexibility index (Phi) is 4.55. The lowest BCUT2D eigenvalue weighted by Crippen LogP contribution is -2.73. The second-order valence-electron chi connectivity index (χ2n) is 9.58. The molecule has 2 aromatic rings. The molecule has 2 heterocycles. The molecule has 0 amide bonds. The quantitative estimate of drug-likeness (QED) is 0.575. The Labute approximate surface area is 176 Å². The van der Waals surface area contributed by atoms with Crippen LogP contribution in [0, 0.1) is 22.2 Å². The fraction of sp³-hybridized carbons (Fsp3) is 0.417. The van der Waals surface area contributed by atoms with Gasteiger partial charge in [0.05, 0.1) is 23.9 Å². The molecule has 2 atom stereocenters. The third-order valence-electron chi connectivity index (χ3n) is 6.15. The Morgan fingerprint density at radius 1 is 1.10 bits per heavy atom. The number of aliphatic imine (C=N–C) groups is 1. The fourth-order valence-electron chi connectivity index (χ4n) is 4.86. The number of hydrogen-bond donors (Lipinski definition) is 1. The molecular formula is C24H26N2O4. The van der Waals surface area contributed by atoms with Crippen LogP contribution in [-0.2, 0) is 20.3 Å². The highest BCUT2D eigenvalue weighted by Crippen LogP contribution is 2.69. The average Bonchev–Trinajstić information content (AvgIpc) is 2.82. The van der Waals surface area contributed by atoms with Crippen LogP contribution in [0.4, 0.5) is 5.69 Å². The van der Waals surface area contributed by atoms with Gasteiger partial charge in [-0.2, -0.15) is 10.1 Å². The van der Waals surface area contributed by atoms with E-state index in [9.17, 15) is 5.11 Å². The number of rotatable bonds is 3. The Morgan fingerprint density at radius 3 is 2.33 bits per heavy atom. The van der Waals surface area contributed by atoms with Crippen LogP contribution in [-0.4, -0.2) is 23.5 Å². The number of phenols is 1. The molecule has 2 aliphatic rings. The lowest BCUT2D eigenvalue weighted by molar-refractivity contribution is -0.626. The smallest absolute Gasteiger partial charge is 0.261 e. The van der Waals surface area contributed by atoms with Gasteiger partial charge in [-0.3, -0.25) is 4.99 Å². The minimum Gasteiger partial charge on any atom is -0.507 e. The number of nitrogens with zero attached hydrogens (tertiary/aromatic N) is 2. The van der Waals surface area contributed by atoms with Crippen LogP contribution in [0.15, 0.2) is 47.5 Å². The van der Waals surface area contributed by atoms with Gasteiger partial charge in [0.2, 0.25) is 0 Å². The summed E-state index contributed by atoms with van der Waals surface area (Å²) in [4.78, 5) is 15.8. The minimum atomic E-state index is -1.07. The molecule has 2 fully saturated rings. The zero-order valence-corrected chi connectivity index (χ0v) is 17.9. The van der Waals surface area contributed by atoms with Gasteiger partial charge in [0, 0.05) is 28.2 Å². The van der Waals surface area contributed by atoms with Crippen molar-refractivity contribution in [1.82, 2.24) is 0 Å². The van der Waals surface area contributed by atoms with Crippen molar-refractivity contribution in [2.75, 3.05) is 6.61 Å². The maximum Gasteiger partial charge on any atom is 0.261 e. The fourth-order valence-corrected chi connectivity index (χ4v) is 4.86. The molecular weight excluding hydrogens is 380 g/mol. The number of hydrogen-bond acceptors (Lipinski definition) is 6. The van der Waals surface area contributed by atoms with E-state index in [1.807, 2.05) is 6.07 Å². The molecule has 2 unspecified atom stereocenters. The molecule has 0 aliphatic carbocycles. The van der Waals surface area contributed by atoms with E-state index in [4.69, 9.17) is 19.8 Å². The van der Waals surface area contributed by atoms with E-state index in [1.165, 1.54) is 0 Å². The maximum atomic E-state index is 10.7. The highest BCUT2D eigenvalue weighted by atomic mass is 17.3. The van der Waals surface area contributed by atoms with Gasteiger partial charge in [-0.05, 0) is 36.4 Å². The summed E-state index contributed by atoms with van der Waals surface area (Å²) in [5.41, 5.74) is 1.30. The van der Waals surface area contributed by atoms with E-state index in [-0.39, 0.29) is 16.6 Å². The third kappa shape index (κ3) is 2.70. The van der Waals surface area contributed by atoms with Gasteiger partial charge in [-0.15, -0.1) is 0 Å². The molecule has 0 radical (unpaired) electrons. The van der Waals surface area contributed by atoms with Crippen molar-refractivity contribution in [3.05, 3.63) is 59.2 Å². The summed E-state index contributed by atoms with van der Waals surface area (Å²) in [5.74, 6) is -0.999. The zero-order valence-electron chi connectivity index (χ0n) is 17.9. The van der Waals surface area contributed by atoms with E-state index in [0.29, 0.717) is 29.0 Å². The average molecular weight is 406 g/mol. The first-order valence-corrected chi connectivity index (χ1v) is 9.95. The predicted molar refractivity (Wildman–Crippen MR) is 112 cm³/mol. The van der Waals surface area contributed by atoms with Crippen LogP contribution in [0.3, 0.4) is 0 Å². The molecule has 4 rings (SSSR count). The van der Waals surface area contributed by atoms with Gasteiger partial charge in [0.25, 0.3) is 5.79 Å². The molecule has 0 bridgehead atoms. The van der Waals surface area contributed by atoms with Crippen molar-refractivity contribution in [2.45, 2.75) is 46.0 Å². The van der Waals surface area contributed by atoms with Crippen LogP contribution in [0.1, 0.15) is 51.3 Å².